The van der Waals surface area contributed by atoms with E-state index in [0.717, 1.165) is 5.56 Å². The lowest BCUT2D eigenvalue weighted by Gasteiger charge is -2.14. The first-order chi connectivity index (χ1) is 7.06. The van der Waals surface area contributed by atoms with Crippen LogP contribution in [0.4, 0.5) is 5.82 Å². The zero-order valence-corrected chi connectivity index (χ0v) is 9.59. The molecule has 0 fully saturated rings. The monoisotopic (exact) mass is 228 g/mol. The summed E-state index contributed by atoms with van der Waals surface area (Å²) in [6, 6.07) is -0.361. The van der Waals surface area contributed by atoms with Crippen molar-refractivity contribution in [2.75, 3.05) is 12.4 Å². The van der Waals surface area contributed by atoms with Gasteiger partial charge < -0.3 is 10.6 Å². The van der Waals surface area contributed by atoms with E-state index in [1.165, 1.54) is 6.33 Å². The number of carbonyl (C=O) groups is 1. The maximum absolute atomic E-state index is 11.3. The molecule has 1 rings (SSSR count). The van der Waals surface area contributed by atoms with Crippen molar-refractivity contribution < 1.29 is 4.79 Å². The molecule has 15 heavy (non-hydrogen) atoms. The molecule has 82 valence electrons. The summed E-state index contributed by atoms with van der Waals surface area (Å²) in [6.45, 7) is 3.54. The van der Waals surface area contributed by atoms with E-state index in [0.29, 0.717) is 11.0 Å². The Kier molecular flexibility index (Phi) is 3.85. The first kappa shape index (κ1) is 11.7. The van der Waals surface area contributed by atoms with Crippen molar-refractivity contribution >= 4 is 23.3 Å². The van der Waals surface area contributed by atoms with Gasteiger partial charge in [0.1, 0.15) is 23.3 Å². The van der Waals surface area contributed by atoms with E-state index in [9.17, 15) is 4.79 Å². The summed E-state index contributed by atoms with van der Waals surface area (Å²) in [6.07, 6.45) is 1.36. The first-order valence-corrected chi connectivity index (χ1v) is 4.89. The van der Waals surface area contributed by atoms with Crippen molar-refractivity contribution in [2.45, 2.75) is 19.9 Å². The third-order valence-corrected chi connectivity index (χ3v) is 2.40. The minimum absolute atomic E-state index is 0.107. The summed E-state index contributed by atoms with van der Waals surface area (Å²) in [7, 11) is 1.58. The highest BCUT2D eigenvalue weighted by atomic mass is 35.5. The summed E-state index contributed by atoms with van der Waals surface area (Å²) in [5.41, 5.74) is 0.731. The van der Waals surface area contributed by atoms with Crippen LogP contribution in [-0.2, 0) is 4.79 Å². The van der Waals surface area contributed by atoms with E-state index >= 15 is 0 Å². The number of likely N-dealkylation sites (N-methyl/N-ethyl adjacent to an activating group) is 1. The molecule has 1 unspecified atom stereocenters. The van der Waals surface area contributed by atoms with Crippen LogP contribution in [0.2, 0.25) is 5.15 Å². The Morgan fingerprint density at radius 3 is 2.80 bits per heavy atom. The molecule has 0 saturated heterocycles. The second kappa shape index (κ2) is 4.93. The molecule has 1 aromatic rings. The van der Waals surface area contributed by atoms with Gasteiger partial charge in [-0.25, -0.2) is 9.97 Å². The smallest absolute Gasteiger partial charge is 0.241 e. The van der Waals surface area contributed by atoms with Gasteiger partial charge in [-0.15, -0.1) is 0 Å². The Morgan fingerprint density at radius 2 is 2.20 bits per heavy atom. The number of anilines is 1. The van der Waals surface area contributed by atoms with Gasteiger partial charge in [0.25, 0.3) is 0 Å². The van der Waals surface area contributed by atoms with Crippen LogP contribution in [0, 0.1) is 6.92 Å². The predicted octanol–water partition coefficient (Wildman–Crippen LogP) is 0.985. The predicted molar refractivity (Wildman–Crippen MR) is 58.9 cm³/mol. The van der Waals surface area contributed by atoms with Crippen molar-refractivity contribution in [3.8, 4) is 0 Å². The van der Waals surface area contributed by atoms with Crippen molar-refractivity contribution in [3.05, 3.63) is 17.0 Å². The van der Waals surface area contributed by atoms with Crippen LogP contribution in [-0.4, -0.2) is 29.0 Å². The maximum Gasteiger partial charge on any atom is 0.241 e. The van der Waals surface area contributed by atoms with Crippen molar-refractivity contribution in [2.24, 2.45) is 0 Å². The van der Waals surface area contributed by atoms with Crippen LogP contribution in [0.5, 0.6) is 0 Å². The number of nitrogens with zero attached hydrogens (tertiary/aromatic N) is 2. The van der Waals surface area contributed by atoms with E-state index in [2.05, 4.69) is 20.6 Å². The van der Waals surface area contributed by atoms with Gasteiger partial charge in [-0.3, -0.25) is 4.79 Å². The zero-order chi connectivity index (χ0) is 11.4. The zero-order valence-electron chi connectivity index (χ0n) is 8.84. The van der Waals surface area contributed by atoms with Gasteiger partial charge in [-0.1, -0.05) is 11.6 Å². The summed E-state index contributed by atoms with van der Waals surface area (Å²) in [4.78, 5) is 19.1. The molecule has 5 nitrogen and oxygen atoms in total. The van der Waals surface area contributed by atoms with E-state index in [1.54, 1.807) is 20.9 Å². The normalized spacial score (nSPS) is 12.0. The molecule has 2 N–H and O–H groups in total. The molecule has 1 aromatic heterocycles. The molecule has 0 aliphatic carbocycles. The Labute approximate surface area is 93.3 Å². The van der Waals surface area contributed by atoms with Crippen LogP contribution < -0.4 is 10.6 Å². The van der Waals surface area contributed by atoms with Gasteiger partial charge in [0.15, 0.2) is 0 Å². The Morgan fingerprint density at radius 1 is 1.53 bits per heavy atom. The van der Waals surface area contributed by atoms with Gasteiger partial charge in [0.05, 0.1) is 0 Å². The SMILES string of the molecule is CNC(=O)C(C)Nc1ncnc(Cl)c1C. The average Bonchev–Trinajstić information content (AvgIpc) is 2.23. The highest BCUT2D eigenvalue weighted by Crippen LogP contribution is 2.18. The van der Waals surface area contributed by atoms with Crippen LogP contribution in [0.3, 0.4) is 0 Å². The second-order valence-electron chi connectivity index (χ2n) is 3.12. The largest absolute Gasteiger partial charge is 0.358 e. The van der Waals surface area contributed by atoms with Crippen LogP contribution >= 0.6 is 11.6 Å². The highest BCUT2D eigenvalue weighted by Gasteiger charge is 2.13. The molecule has 1 amide bonds. The van der Waals surface area contributed by atoms with E-state index in [-0.39, 0.29) is 11.9 Å². The molecule has 0 aromatic carbocycles. The van der Waals surface area contributed by atoms with Crippen molar-refractivity contribution in [1.29, 1.82) is 0 Å². The molecular weight excluding hydrogens is 216 g/mol. The summed E-state index contributed by atoms with van der Waals surface area (Å²) < 4.78 is 0. The minimum atomic E-state index is -0.361. The fourth-order valence-electron chi connectivity index (χ4n) is 1.06. The molecular formula is C9H13ClN4O. The van der Waals surface area contributed by atoms with Crippen molar-refractivity contribution in [1.82, 2.24) is 15.3 Å². The molecule has 0 spiro atoms. The molecule has 1 atom stereocenters. The first-order valence-electron chi connectivity index (χ1n) is 4.51. The maximum atomic E-state index is 11.3. The molecule has 0 aliphatic rings. The number of halogens is 1. The van der Waals surface area contributed by atoms with E-state index in [1.807, 2.05) is 0 Å². The third-order valence-electron chi connectivity index (χ3n) is 2.02. The van der Waals surface area contributed by atoms with Crippen LogP contribution in [0.15, 0.2) is 6.33 Å². The summed E-state index contributed by atoms with van der Waals surface area (Å²) in [5.74, 6) is 0.468. The Bertz CT molecular complexity index is 369. The molecule has 0 radical (unpaired) electrons. The van der Waals surface area contributed by atoms with Gasteiger partial charge >= 0.3 is 0 Å². The van der Waals surface area contributed by atoms with E-state index < -0.39 is 0 Å². The molecule has 6 heteroatoms. The fourth-order valence-corrected chi connectivity index (χ4v) is 1.19. The quantitative estimate of drug-likeness (QED) is 0.757. The van der Waals surface area contributed by atoms with Crippen molar-refractivity contribution in [3.63, 3.8) is 0 Å². The van der Waals surface area contributed by atoms with Gasteiger partial charge in [-0.2, -0.15) is 0 Å². The standard InChI is InChI=1S/C9H13ClN4O/c1-5-7(10)12-4-13-8(5)14-6(2)9(15)11-3/h4,6H,1-3H3,(H,11,15)(H,12,13,14). The molecule has 0 bridgehead atoms. The second-order valence-corrected chi connectivity index (χ2v) is 3.48. The number of aromatic nitrogens is 2. The third kappa shape index (κ3) is 2.79. The number of amides is 1. The lowest BCUT2D eigenvalue weighted by atomic mass is 10.3. The Hall–Kier alpha value is -1.36. The number of carbonyl (C=O) groups excluding carboxylic acids is 1. The number of nitrogens with one attached hydrogen (secondary N) is 2. The van der Waals surface area contributed by atoms with Gasteiger partial charge in [0, 0.05) is 12.6 Å². The number of hydrogen-bond donors (Lipinski definition) is 2. The minimum Gasteiger partial charge on any atom is -0.358 e. The van der Waals surface area contributed by atoms with Crippen LogP contribution in [0.25, 0.3) is 0 Å². The summed E-state index contributed by atoms with van der Waals surface area (Å²) >= 11 is 5.82. The van der Waals surface area contributed by atoms with Gasteiger partial charge in [0.2, 0.25) is 5.91 Å². The molecule has 1 heterocycles. The lowest BCUT2D eigenvalue weighted by molar-refractivity contribution is -0.121. The fraction of sp³-hybridized carbons (Fsp3) is 0.444. The Balaban J connectivity index is 2.81. The van der Waals surface area contributed by atoms with Gasteiger partial charge in [-0.05, 0) is 13.8 Å². The van der Waals surface area contributed by atoms with Crippen LogP contribution in [0.1, 0.15) is 12.5 Å². The number of rotatable bonds is 3. The average molecular weight is 229 g/mol. The topological polar surface area (TPSA) is 66.9 Å². The summed E-state index contributed by atoms with van der Waals surface area (Å²) in [5, 5.41) is 5.88. The highest BCUT2D eigenvalue weighted by molar-refractivity contribution is 6.30. The van der Waals surface area contributed by atoms with E-state index in [4.69, 9.17) is 11.6 Å². The molecule has 0 aliphatic heterocycles. The lowest BCUT2D eigenvalue weighted by Crippen LogP contribution is -2.35. The molecule has 0 saturated carbocycles. The number of hydrogen-bond acceptors (Lipinski definition) is 4.